The van der Waals surface area contributed by atoms with E-state index in [2.05, 4.69) is 10.5 Å². The molecule has 0 aromatic carbocycles. The summed E-state index contributed by atoms with van der Waals surface area (Å²) in [7, 11) is 0. The number of nitrogens with one attached hydrogen (secondary N) is 1. The number of aryl methyl sites for hydroxylation is 1. The molecule has 0 radical (unpaired) electrons. The highest BCUT2D eigenvalue weighted by molar-refractivity contribution is 5.96. The summed E-state index contributed by atoms with van der Waals surface area (Å²) >= 11 is 0. The normalized spacial score (nSPS) is 10.8. The maximum Gasteiger partial charge on any atom is 0.303 e. The van der Waals surface area contributed by atoms with E-state index in [-0.39, 0.29) is 18.2 Å². The number of carbonyl (C=O) groups excluding carboxylic acids is 1. The molecule has 0 spiro atoms. The standard InChI is InChI=1S/C14H22N2O4/c1-9(2)13-12(10(3)16-20-13)14(19)15-8-6-4-5-7-11(17)18/h9H,4-8H2,1-3H3,(H,15,19)(H,17,18). The Morgan fingerprint density at radius 2 is 2.00 bits per heavy atom. The molecule has 0 aliphatic carbocycles. The van der Waals surface area contributed by atoms with Crippen LogP contribution in [-0.2, 0) is 4.79 Å². The molecule has 1 rings (SSSR count). The monoisotopic (exact) mass is 282 g/mol. The zero-order valence-electron chi connectivity index (χ0n) is 12.2. The molecule has 0 saturated carbocycles. The van der Waals surface area contributed by atoms with Crippen LogP contribution in [0.2, 0.25) is 0 Å². The van der Waals surface area contributed by atoms with Crippen LogP contribution in [0.5, 0.6) is 0 Å². The van der Waals surface area contributed by atoms with Crippen molar-refractivity contribution in [3.63, 3.8) is 0 Å². The molecule has 0 unspecified atom stereocenters. The maximum atomic E-state index is 12.1. The van der Waals surface area contributed by atoms with Gasteiger partial charge in [0.05, 0.1) is 5.69 Å². The Morgan fingerprint density at radius 1 is 1.30 bits per heavy atom. The largest absolute Gasteiger partial charge is 0.481 e. The lowest BCUT2D eigenvalue weighted by Crippen LogP contribution is -2.25. The van der Waals surface area contributed by atoms with Crippen LogP contribution in [0.15, 0.2) is 4.52 Å². The molecule has 1 heterocycles. The van der Waals surface area contributed by atoms with E-state index < -0.39 is 5.97 Å². The van der Waals surface area contributed by atoms with E-state index >= 15 is 0 Å². The van der Waals surface area contributed by atoms with Crippen LogP contribution in [-0.4, -0.2) is 28.7 Å². The molecule has 1 aromatic heterocycles. The van der Waals surface area contributed by atoms with E-state index in [4.69, 9.17) is 9.63 Å². The van der Waals surface area contributed by atoms with Gasteiger partial charge in [-0.05, 0) is 19.8 Å². The Bertz CT molecular complexity index is 466. The molecular formula is C14H22N2O4. The number of aliphatic carboxylic acids is 1. The Balaban J connectivity index is 2.40. The number of hydrogen-bond donors (Lipinski definition) is 2. The molecule has 0 aliphatic heterocycles. The molecule has 6 nitrogen and oxygen atoms in total. The molecule has 6 heteroatoms. The van der Waals surface area contributed by atoms with E-state index in [1.807, 2.05) is 13.8 Å². The van der Waals surface area contributed by atoms with Gasteiger partial charge in [-0.1, -0.05) is 25.4 Å². The molecule has 2 N–H and O–H groups in total. The SMILES string of the molecule is Cc1noc(C(C)C)c1C(=O)NCCCCCC(=O)O. The van der Waals surface area contributed by atoms with Crippen LogP contribution in [0.1, 0.15) is 67.3 Å². The zero-order valence-corrected chi connectivity index (χ0v) is 12.2. The minimum atomic E-state index is -0.782. The van der Waals surface area contributed by atoms with Crippen molar-refractivity contribution in [1.82, 2.24) is 10.5 Å². The van der Waals surface area contributed by atoms with E-state index in [9.17, 15) is 9.59 Å². The third-order valence-electron chi connectivity index (χ3n) is 2.99. The summed E-state index contributed by atoms with van der Waals surface area (Å²) in [4.78, 5) is 22.4. The highest BCUT2D eigenvalue weighted by Gasteiger charge is 2.21. The molecular weight excluding hydrogens is 260 g/mol. The summed E-state index contributed by atoms with van der Waals surface area (Å²) in [6.45, 7) is 6.17. The predicted octanol–water partition coefficient (Wildman–Crippen LogP) is 2.48. The number of amides is 1. The Hall–Kier alpha value is -1.85. The van der Waals surface area contributed by atoms with Gasteiger partial charge in [-0.25, -0.2) is 0 Å². The molecule has 20 heavy (non-hydrogen) atoms. The molecule has 1 amide bonds. The van der Waals surface area contributed by atoms with E-state index in [0.29, 0.717) is 30.0 Å². The van der Waals surface area contributed by atoms with Crippen molar-refractivity contribution in [2.45, 2.75) is 52.4 Å². The van der Waals surface area contributed by atoms with Gasteiger partial charge in [-0.2, -0.15) is 0 Å². The van der Waals surface area contributed by atoms with E-state index in [0.717, 1.165) is 12.8 Å². The Morgan fingerprint density at radius 3 is 2.60 bits per heavy atom. The fourth-order valence-corrected chi connectivity index (χ4v) is 1.93. The van der Waals surface area contributed by atoms with Gasteiger partial charge in [0.1, 0.15) is 5.56 Å². The number of carboxylic acid groups (broad SMARTS) is 1. The van der Waals surface area contributed by atoms with Crippen molar-refractivity contribution in [1.29, 1.82) is 0 Å². The lowest BCUT2D eigenvalue weighted by molar-refractivity contribution is -0.137. The second-order valence-electron chi connectivity index (χ2n) is 5.12. The number of unbranched alkanes of at least 4 members (excludes halogenated alkanes) is 2. The summed E-state index contributed by atoms with van der Waals surface area (Å²) in [6, 6.07) is 0. The number of carbonyl (C=O) groups is 2. The van der Waals surface area contributed by atoms with Crippen molar-refractivity contribution >= 4 is 11.9 Å². The summed E-state index contributed by atoms with van der Waals surface area (Å²) in [5, 5.41) is 15.2. The highest BCUT2D eigenvalue weighted by atomic mass is 16.5. The van der Waals surface area contributed by atoms with Crippen LogP contribution in [0.4, 0.5) is 0 Å². The van der Waals surface area contributed by atoms with Gasteiger partial charge in [0.15, 0.2) is 5.76 Å². The molecule has 0 atom stereocenters. The fourth-order valence-electron chi connectivity index (χ4n) is 1.93. The highest BCUT2D eigenvalue weighted by Crippen LogP contribution is 2.21. The lowest BCUT2D eigenvalue weighted by atomic mass is 10.0. The minimum absolute atomic E-state index is 0.104. The van der Waals surface area contributed by atoms with Gasteiger partial charge in [0.2, 0.25) is 0 Å². The van der Waals surface area contributed by atoms with Crippen molar-refractivity contribution in [3.8, 4) is 0 Å². The zero-order chi connectivity index (χ0) is 15.1. The second-order valence-corrected chi connectivity index (χ2v) is 5.12. The smallest absolute Gasteiger partial charge is 0.303 e. The Labute approximate surface area is 118 Å². The topological polar surface area (TPSA) is 92.4 Å². The first-order chi connectivity index (χ1) is 9.43. The van der Waals surface area contributed by atoms with E-state index in [1.54, 1.807) is 6.92 Å². The summed E-state index contributed by atoms with van der Waals surface area (Å²) in [6.07, 6.45) is 2.36. The van der Waals surface area contributed by atoms with Gasteiger partial charge < -0.3 is 14.9 Å². The van der Waals surface area contributed by atoms with Gasteiger partial charge in [0, 0.05) is 18.9 Å². The second kappa shape index (κ2) is 7.67. The number of rotatable bonds is 8. The third kappa shape index (κ3) is 4.68. The van der Waals surface area contributed by atoms with Crippen LogP contribution >= 0.6 is 0 Å². The molecule has 0 saturated heterocycles. The number of carboxylic acids is 1. The van der Waals surface area contributed by atoms with Crippen LogP contribution in [0.3, 0.4) is 0 Å². The fraction of sp³-hybridized carbons (Fsp3) is 0.643. The minimum Gasteiger partial charge on any atom is -0.481 e. The summed E-state index contributed by atoms with van der Waals surface area (Å²) in [5.41, 5.74) is 1.11. The molecule has 112 valence electrons. The van der Waals surface area contributed by atoms with Crippen molar-refractivity contribution < 1.29 is 19.2 Å². The average molecular weight is 282 g/mol. The Kier molecular flexibility index (Phi) is 6.21. The molecule has 0 bridgehead atoms. The molecule has 1 aromatic rings. The maximum absolute atomic E-state index is 12.1. The van der Waals surface area contributed by atoms with Gasteiger partial charge in [0.25, 0.3) is 5.91 Å². The first-order valence-corrected chi connectivity index (χ1v) is 6.89. The molecule has 0 fully saturated rings. The quantitative estimate of drug-likeness (QED) is 0.714. The van der Waals surface area contributed by atoms with Crippen LogP contribution in [0.25, 0.3) is 0 Å². The third-order valence-corrected chi connectivity index (χ3v) is 2.99. The number of aromatic nitrogens is 1. The summed E-state index contributed by atoms with van der Waals surface area (Å²) < 4.78 is 5.17. The summed E-state index contributed by atoms with van der Waals surface area (Å²) in [5.74, 6) is -0.250. The van der Waals surface area contributed by atoms with Crippen LogP contribution < -0.4 is 5.32 Å². The van der Waals surface area contributed by atoms with Crippen LogP contribution in [0, 0.1) is 6.92 Å². The number of hydrogen-bond acceptors (Lipinski definition) is 4. The van der Waals surface area contributed by atoms with Gasteiger partial charge in [-0.15, -0.1) is 0 Å². The van der Waals surface area contributed by atoms with Crippen molar-refractivity contribution in [2.24, 2.45) is 0 Å². The van der Waals surface area contributed by atoms with Crippen molar-refractivity contribution in [2.75, 3.05) is 6.54 Å². The molecule has 0 aliphatic rings. The van der Waals surface area contributed by atoms with Crippen molar-refractivity contribution in [3.05, 3.63) is 17.0 Å². The average Bonchev–Trinajstić information content (AvgIpc) is 2.75. The van der Waals surface area contributed by atoms with E-state index in [1.165, 1.54) is 0 Å². The van der Waals surface area contributed by atoms with Gasteiger partial charge >= 0.3 is 5.97 Å². The lowest BCUT2D eigenvalue weighted by Gasteiger charge is -2.06. The predicted molar refractivity (Wildman–Crippen MR) is 73.8 cm³/mol. The number of nitrogens with zero attached hydrogens (tertiary/aromatic N) is 1. The van der Waals surface area contributed by atoms with Gasteiger partial charge in [-0.3, -0.25) is 9.59 Å². The first-order valence-electron chi connectivity index (χ1n) is 6.89. The first kappa shape index (κ1) is 16.2.